The molecular weight excluding hydrogens is 437 g/mol. The van der Waals surface area contributed by atoms with Crippen molar-refractivity contribution in [3.63, 3.8) is 0 Å². The summed E-state index contributed by atoms with van der Waals surface area (Å²) < 4.78 is 2.45. The van der Waals surface area contributed by atoms with Crippen molar-refractivity contribution in [3.8, 4) is 0 Å². The molecule has 0 aromatic heterocycles. The molecule has 0 radical (unpaired) electrons. The summed E-state index contributed by atoms with van der Waals surface area (Å²) >= 11 is 6.07. The molecule has 0 saturated carbocycles. The molecule has 2 aromatic rings. The van der Waals surface area contributed by atoms with E-state index in [9.17, 15) is 0 Å². The third-order valence-corrected chi connectivity index (χ3v) is 5.19. The van der Waals surface area contributed by atoms with E-state index in [1.54, 1.807) is 0 Å². The van der Waals surface area contributed by atoms with Crippen molar-refractivity contribution in [2.45, 2.75) is 33.2 Å². The Morgan fingerprint density at radius 3 is 2.52 bits per heavy atom. The van der Waals surface area contributed by atoms with Crippen LogP contribution in [0.1, 0.15) is 35.2 Å². The molecule has 0 aliphatic rings. The van der Waals surface area contributed by atoms with Crippen LogP contribution in [0.4, 0.5) is 0 Å². The number of halogens is 2. The number of aryl methyl sites for hydroxylation is 2. The molecule has 0 fully saturated rings. The Bertz CT molecular complexity index is 625. The van der Waals surface area contributed by atoms with Crippen LogP contribution in [0.25, 0.3) is 0 Å². The van der Waals surface area contributed by atoms with E-state index in [1.807, 2.05) is 0 Å². The third kappa shape index (κ3) is 4.54. The first kappa shape index (κ1) is 17.0. The van der Waals surface area contributed by atoms with Crippen molar-refractivity contribution in [2.24, 2.45) is 0 Å². The van der Waals surface area contributed by atoms with Crippen LogP contribution in [0.2, 0.25) is 0 Å². The van der Waals surface area contributed by atoms with Gasteiger partial charge >= 0.3 is 0 Å². The molecule has 1 nitrogen and oxygen atoms in total. The first-order valence-electron chi connectivity index (χ1n) is 7.25. The quantitative estimate of drug-likeness (QED) is 0.579. The van der Waals surface area contributed by atoms with Gasteiger partial charge in [-0.1, -0.05) is 41.1 Å². The lowest BCUT2D eigenvalue weighted by Gasteiger charge is -2.21. The fourth-order valence-electron chi connectivity index (χ4n) is 2.49. The molecule has 0 aliphatic carbocycles. The van der Waals surface area contributed by atoms with E-state index in [0.29, 0.717) is 6.04 Å². The Balaban J connectivity index is 2.30. The zero-order chi connectivity index (χ0) is 15.4. The van der Waals surface area contributed by atoms with Gasteiger partial charge in [-0.05, 0) is 89.9 Å². The van der Waals surface area contributed by atoms with Crippen LogP contribution < -0.4 is 5.32 Å². The van der Waals surface area contributed by atoms with Crippen LogP contribution in [0.3, 0.4) is 0 Å². The summed E-state index contributed by atoms with van der Waals surface area (Å²) in [6.07, 6.45) is 1.01. The molecule has 1 N–H and O–H groups in total. The standard InChI is InChI=1S/C18H21BrIN/c1-4-21-18(16-11-15(20)7-8-17(16)19)10-14-6-5-12(2)13(3)9-14/h5-9,11,18,21H,4,10H2,1-3H3. The Kier molecular flexibility index (Phi) is 6.26. The van der Waals surface area contributed by atoms with E-state index in [1.165, 1.54) is 30.3 Å². The van der Waals surface area contributed by atoms with Crippen molar-refractivity contribution in [3.05, 3.63) is 66.7 Å². The van der Waals surface area contributed by atoms with Crippen molar-refractivity contribution >= 4 is 38.5 Å². The molecule has 21 heavy (non-hydrogen) atoms. The minimum atomic E-state index is 0.334. The van der Waals surface area contributed by atoms with Gasteiger partial charge in [0.05, 0.1) is 0 Å². The predicted molar refractivity (Wildman–Crippen MR) is 103 cm³/mol. The van der Waals surface area contributed by atoms with Gasteiger partial charge in [-0.3, -0.25) is 0 Å². The first-order valence-corrected chi connectivity index (χ1v) is 9.13. The summed E-state index contributed by atoms with van der Waals surface area (Å²) in [5.74, 6) is 0. The topological polar surface area (TPSA) is 12.0 Å². The molecule has 112 valence electrons. The number of benzene rings is 2. The van der Waals surface area contributed by atoms with E-state index in [4.69, 9.17) is 0 Å². The largest absolute Gasteiger partial charge is 0.310 e. The van der Waals surface area contributed by atoms with Crippen LogP contribution in [-0.4, -0.2) is 6.54 Å². The highest BCUT2D eigenvalue weighted by Crippen LogP contribution is 2.28. The molecule has 0 spiro atoms. The lowest BCUT2D eigenvalue weighted by Crippen LogP contribution is -2.23. The normalized spacial score (nSPS) is 12.4. The third-order valence-electron chi connectivity index (χ3n) is 3.80. The van der Waals surface area contributed by atoms with Crippen molar-refractivity contribution in [1.29, 1.82) is 0 Å². The van der Waals surface area contributed by atoms with Crippen LogP contribution in [0.5, 0.6) is 0 Å². The summed E-state index contributed by atoms with van der Waals surface area (Å²) in [4.78, 5) is 0. The van der Waals surface area contributed by atoms with Crippen LogP contribution >= 0.6 is 38.5 Å². The highest BCUT2D eigenvalue weighted by molar-refractivity contribution is 14.1. The lowest BCUT2D eigenvalue weighted by atomic mass is 9.96. The second kappa shape index (κ2) is 7.75. The van der Waals surface area contributed by atoms with Gasteiger partial charge in [0.1, 0.15) is 0 Å². The van der Waals surface area contributed by atoms with Gasteiger partial charge in [-0.25, -0.2) is 0 Å². The molecule has 0 aliphatic heterocycles. The van der Waals surface area contributed by atoms with Crippen molar-refractivity contribution in [1.82, 2.24) is 5.32 Å². The number of likely N-dealkylation sites (N-methyl/N-ethyl adjacent to an activating group) is 1. The smallest absolute Gasteiger partial charge is 0.0372 e. The van der Waals surface area contributed by atoms with Crippen molar-refractivity contribution < 1.29 is 0 Å². The van der Waals surface area contributed by atoms with Gasteiger partial charge in [-0.15, -0.1) is 0 Å². The van der Waals surface area contributed by atoms with Gasteiger partial charge in [0.2, 0.25) is 0 Å². The number of hydrogen-bond donors (Lipinski definition) is 1. The minimum absolute atomic E-state index is 0.334. The zero-order valence-electron chi connectivity index (χ0n) is 12.7. The first-order chi connectivity index (χ1) is 10.0. The van der Waals surface area contributed by atoms with Crippen LogP contribution in [0, 0.1) is 17.4 Å². The molecule has 1 unspecified atom stereocenters. The van der Waals surface area contributed by atoms with E-state index < -0.39 is 0 Å². The summed E-state index contributed by atoms with van der Waals surface area (Å²) in [6.45, 7) is 7.47. The molecule has 0 heterocycles. The number of rotatable bonds is 5. The lowest BCUT2D eigenvalue weighted by molar-refractivity contribution is 0.547. The number of hydrogen-bond acceptors (Lipinski definition) is 1. The maximum atomic E-state index is 3.70. The maximum absolute atomic E-state index is 3.70. The van der Waals surface area contributed by atoms with E-state index >= 15 is 0 Å². The average molecular weight is 458 g/mol. The highest BCUT2D eigenvalue weighted by atomic mass is 127. The van der Waals surface area contributed by atoms with Gasteiger partial charge in [-0.2, -0.15) is 0 Å². The molecule has 3 heteroatoms. The fraction of sp³-hybridized carbons (Fsp3) is 0.333. The molecule has 1 atom stereocenters. The Hall–Kier alpha value is -0.390. The summed E-state index contributed by atoms with van der Waals surface area (Å²) in [6, 6.07) is 13.6. The van der Waals surface area contributed by atoms with Crippen LogP contribution in [-0.2, 0) is 6.42 Å². The zero-order valence-corrected chi connectivity index (χ0v) is 16.5. The minimum Gasteiger partial charge on any atom is -0.310 e. The van der Waals surface area contributed by atoms with Gasteiger partial charge in [0.15, 0.2) is 0 Å². The molecular formula is C18H21BrIN. The molecule has 0 bridgehead atoms. The van der Waals surface area contributed by atoms with Gasteiger partial charge < -0.3 is 5.32 Å². The summed E-state index contributed by atoms with van der Waals surface area (Å²) in [7, 11) is 0. The Morgan fingerprint density at radius 2 is 1.86 bits per heavy atom. The Morgan fingerprint density at radius 1 is 1.10 bits per heavy atom. The monoisotopic (exact) mass is 457 g/mol. The van der Waals surface area contributed by atoms with Gasteiger partial charge in [0, 0.05) is 14.1 Å². The molecule has 2 aromatic carbocycles. The predicted octanol–water partition coefficient (Wildman–Crippen LogP) is 5.56. The van der Waals surface area contributed by atoms with E-state index in [2.05, 4.69) is 101 Å². The average Bonchev–Trinajstić information content (AvgIpc) is 2.45. The highest BCUT2D eigenvalue weighted by Gasteiger charge is 2.15. The summed E-state index contributed by atoms with van der Waals surface area (Å²) in [5.41, 5.74) is 5.44. The molecule has 0 saturated heterocycles. The van der Waals surface area contributed by atoms with E-state index in [0.717, 1.165) is 13.0 Å². The fourth-order valence-corrected chi connectivity index (χ4v) is 3.52. The maximum Gasteiger partial charge on any atom is 0.0372 e. The molecule has 2 rings (SSSR count). The summed E-state index contributed by atoms with van der Waals surface area (Å²) in [5, 5.41) is 3.62. The van der Waals surface area contributed by atoms with Gasteiger partial charge in [0.25, 0.3) is 0 Å². The second-order valence-corrected chi connectivity index (χ2v) is 7.50. The SMILES string of the molecule is CCNC(Cc1ccc(C)c(C)c1)c1cc(I)ccc1Br. The Labute approximate surface area is 149 Å². The van der Waals surface area contributed by atoms with E-state index in [-0.39, 0.29) is 0 Å². The molecule has 0 amide bonds. The number of nitrogens with one attached hydrogen (secondary N) is 1. The second-order valence-electron chi connectivity index (χ2n) is 5.40. The van der Waals surface area contributed by atoms with Crippen molar-refractivity contribution in [2.75, 3.05) is 6.54 Å². The van der Waals surface area contributed by atoms with Crippen LogP contribution in [0.15, 0.2) is 40.9 Å².